The number of aliphatic imine (C=N–C) groups is 1. The highest BCUT2D eigenvalue weighted by Crippen LogP contribution is 2.24. The number of guanidine groups is 1. The summed E-state index contributed by atoms with van der Waals surface area (Å²) in [5, 5.41) is 4.20. The van der Waals surface area contributed by atoms with Crippen LogP contribution in [-0.2, 0) is 0 Å². The molecule has 1 heterocycles. The Morgan fingerprint density at radius 1 is 1.45 bits per heavy atom. The zero-order chi connectivity index (χ0) is 14.8. The molecule has 1 N–H and O–H groups in total. The smallest absolute Gasteiger partial charge is 0.193 e. The summed E-state index contributed by atoms with van der Waals surface area (Å²) in [7, 11) is 0. The van der Waals surface area contributed by atoms with Crippen molar-refractivity contribution in [3.05, 3.63) is 0 Å². The molecule has 0 aliphatic carbocycles. The summed E-state index contributed by atoms with van der Waals surface area (Å²) in [5.41, 5.74) is 0. The average Bonchev–Trinajstić information content (AvgIpc) is 2.46. The van der Waals surface area contributed by atoms with Crippen LogP contribution in [0.5, 0.6) is 0 Å². The number of nitrogens with zero attached hydrogens (tertiary/aromatic N) is 2. The minimum absolute atomic E-state index is 0.740. The molecule has 0 amide bonds. The minimum Gasteiger partial charge on any atom is -0.357 e. The van der Waals surface area contributed by atoms with Gasteiger partial charge >= 0.3 is 0 Å². The molecule has 20 heavy (non-hydrogen) atoms. The third kappa shape index (κ3) is 6.61. The van der Waals surface area contributed by atoms with E-state index in [1.54, 1.807) is 0 Å². The van der Waals surface area contributed by atoms with Crippen molar-refractivity contribution in [3.63, 3.8) is 0 Å². The topological polar surface area (TPSA) is 27.6 Å². The standard InChI is InChI=1S/C15H31N3S2/c1-5-16-15(17-8-6-7-10-19-4)18-9-11-20-14(12-18)13(2)3/h13-14H,5-12H2,1-4H3,(H,16,17). The highest BCUT2D eigenvalue weighted by atomic mass is 32.2. The second-order valence-corrected chi connectivity index (χ2v) is 7.87. The quantitative estimate of drug-likeness (QED) is 0.443. The van der Waals surface area contributed by atoms with E-state index in [1.807, 2.05) is 11.8 Å². The van der Waals surface area contributed by atoms with E-state index in [0.29, 0.717) is 0 Å². The molecule has 0 aromatic carbocycles. The van der Waals surface area contributed by atoms with Gasteiger partial charge in [-0.3, -0.25) is 4.99 Å². The van der Waals surface area contributed by atoms with Crippen molar-refractivity contribution >= 4 is 29.5 Å². The van der Waals surface area contributed by atoms with Crippen LogP contribution >= 0.6 is 23.5 Å². The first-order valence-electron chi connectivity index (χ1n) is 7.82. The maximum Gasteiger partial charge on any atom is 0.193 e. The molecule has 0 radical (unpaired) electrons. The number of thioether (sulfide) groups is 2. The van der Waals surface area contributed by atoms with Crippen LogP contribution in [0.3, 0.4) is 0 Å². The fourth-order valence-electron chi connectivity index (χ4n) is 2.24. The predicted octanol–water partition coefficient (Wildman–Crippen LogP) is 3.17. The minimum atomic E-state index is 0.740. The molecule has 0 aromatic rings. The lowest BCUT2D eigenvalue weighted by molar-refractivity contribution is 0.381. The Balaban J connectivity index is 2.48. The molecule has 1 aliphatic rings. The van der Waals surface area contributed by atoms with Gasteiger partial charge in [0, 0.05) is 37.2 Å². The summed E-state index contributed by atoms with van der Waals surface area (Å²) < 4.78 is 0. The van der Waals surface area contributed by atoms with Crippen LogP contribution in [0.4, 0.5) is 0 Å². The molecular formula is C15H31N3S2. The zero-order valence-corrected chi connectivity index (χ0v) is 15.2. The Morgan fingerprint density at radius 3 is 2.90 bits per heavy atom. The van der Waals surface area contributed by atoms with Crippen molar-refractivity contribution in [2.24, 2.45) is 10.9 Å². The lowest BCUT2D eigenvalue weighted by Crippen LogP contribution is -2.49. The predicted molar refractivity (Wildman–Crippen MR) is 96.3 cm³/mol. The first kappa shape index (κ1) is 18.0. The van der Waals surface area contributed by atoms with E-state index in [1.165, 1.54) is 24.3 Å². The van der Waals surface area contributed by atoms with Crippen molar-refractivity contribution in [1.29, 1.82) is 0 Å². The summed E-state index contributed by atoms with van der Waals surface area (Å²) in [6.07, 6.45) is 4.64. The highest BCUT2D eigenvalue weighted by molar-refractivity contribution is 8.00. The van der Waals surface area contributed by atoms with Gasteiger partial charge in [0.05, 0.1) is 0 Å². The third-order valence-electron chi connectivity index (χ3n) is 3.49. The maximum absolute atomic E-state index is 4.82. The zero-order valence-electron chi connectivity index (χ0n) is 13.5. The number of hydrogen-bond acceptors (Lipinski definition) is 3. The summed E-state index contributed by atoms with van der Waals surface area (Å²) in [6, 6.07) is 0. The van der Waals surface area contributed by atoms with E-state index >= 15 is 0 Å². The van der Waals surface area contributed by atoms with Crippen LogP contribution in [0.1, 0.15) is 33.6 Å². The van der Waals surface area contributed by atoms with Gasteiger partial charge in [-0.1, -0.05) is 13.8 Å². The number of nitrogens with one attached hydrogen (secondary N) is 1. The van der Waals surface area contributed by atoms with E-state index in [9.17, 15) is 0 Å². The second kappa shape index (κ2) is 10.7. The Bertz CT molecular complexity index is 282. The SMILES string of the molecule is CCNC(=NCCCCSC)N1CCSC(C(C)C)C1. The molecule has 1 atom stereocenters. The molecule has 118 valence electrons. The molecule has 5 heteroatoms. The van der Waals surface area contributed by atoms with Gasteiger partial charge in [0.25, 0.3) is 0 Å². The Morgan fingerprint density at radius 2 is 2.25 bits per heavy atom. The molecule has 1 unspecified atom stereocenters. The van der Waals surface area contributed by atoms with Crippen LogP contribution in [0.15, 0.2) is 4.99 Å². The molecular weight excluding hydrogens is 286 g/mol. The first-order chi connectivity index (χ1) is 9.69. The van der Waals surface area contributed by atoms with Crippen LogP contribution in [0, 0.1) is 5.92 Å². The third-order valence-corrected chi connectivity index (χ3v) is 5.73. The van der Waals surface area contributed by atoms with Gasteiger partial charge in [-0.25, -0.2) is 0 Å². The van der Waals surface area contributed by atoms with E-state index < -0.39 is 0 Å². The Hall–Kier alpha value is -0.0300. The number of unbranched alkanes of at least 4 members (excludes halogenated alkanes) is 1. The molecule has 0 aromatic heterocycles. The van der Waals surface area contributed by atoms with Gasteiger partial charge < -0.3 is 10.2 Å². The fourth-order valence-corrected chi connectivity index (χ4v) is 4.03. The summed E-state index contributed by atoms with van der Waals surface area (Å²) in [5.74, 6) is 4.34. The van der Waals surface area contributed by atoms with Gasteiger partial charge in [0.1, 0.15) is 0 Å². The van der Waals surface area contributed by atoms with E-state index in [2.05, 4.69) is 49.0 Å². The van der Waals surface area contributed by atoms with Gasteiger partial charge in [-0.15, -0.1) is 0 Å². The van der Waals surface area contributed by atoms with E-state index in [4.69, 9.17) is 4.99 Å². The van der Waals surface area contributed by atoms with Crippen molar-refractivity contribution < 1.29 is 0 Å². The second-order valence-electron chi connectivity index (χ2n) is 5.53. The monoisotopic (exact) mass is 317 g/mol. The number of hydrogen-bond donors (Lipinski definition) is 1. The van der Waals surface area contributed by atoms with Crippen molar-refractivity contribution in [2.75, 3.05) is 43.9 Å². The largest absolute Gasteiger partial charge is 0.357 e. The van der Waals surface area contributed by atoms with Gasteiger partial charge in [-0.2, -0.15) is 23.5 Å². The van der Waals surface area contributed by atoms with Crippen LogP contribution < -0.4 is 5.32 Å². The summed E-state index contributed by atoms with van der Waals surface area (Å²) in [4.78, 5) is 7.27. The van der Waals surface area contributed by atoms with Crippen molar-refractivity contribution in [1.82, 2.24) is 10.2 Å². The van der Waals surface area contributed by atoms with E-state index in [0.717, 1.165) is 43.3 Å². The maximum atomic E-state index is 4.82. The molecule has 0 saturated carbocycles. The van der Waals surface area contributed by atoms with Crippen molar-refractivity contribution in [3.8, 4) is 0 Å². The van der Waals surface area contributed by atoms with Crippen molar-refractivity contribution in [2.45, 2.75) is 38.9 Å². The fraction of sp³-hybridized carbons (Fsp3) is 0.933. The van der Waals surface area contributed by atoms with Crippen LogP contribution in [0.25, 0.3) is 0 Å². The number of rotatable bonds is 7. The molecule has 3 nitrogen and oxygen atoms in total. The van der Waals surface area contributed by atoms with Crippen LogP contribution in [0.2, 0.25) is 0 Å². The Labute approximate surface area is 133 Å². The average molecular weight is 318 g/mol. The molecule has 1 saturated heterocycles. The normalized spacial score (nSPS) is 20.6. The van der Waals surface area contributed by atoms with Crippen LogP contribution in [-0.4, -0.2) is 60.0 Å². The first-order valence-corrected chi connectivity index (χ1v) is 10.3. The summed E-state index contributed by atoms with van der Waals surface area (Å²) in [6.45, 7) is 11.0. The lowest BCUT2D eigenvalue weighted by Gasteiger charge is -2.36. The summed E-state index contributed by atoms with van der Waals surface area (Å²) >= 11 is 4.04. The lowest BCUT2D eigenvalue weighted by atomic mass is 10.1. The highest BCUT2D eigenvalue weighted by Gasteiger charge is 2.24. The van der Waals surface area contributed by atoms with Gasteiger partial charge in [0.2, 0.25) is 0 Å². The van der Waals surface area contributed by atoms with Gasteiger partial charge in [-0.05, 0) is 37.7 Å². The Kier molecular flexibility index (Phi) is 9.61. The van der Waals surface area contributed by atoms with Gasteiger partial charge in [0.15, 0.2) is 5.96 Å². The molecule has 1 aliphatic heterocycles. The molecule has 0 bridgehead atoms. The molecule has 0 spiro atoms. The van der Waals surface area contributed by atoms with E-state index in [-0.39, 0.29) is 0 Å². The molecule has 1 rings (SSSR count). The molecule has 1 fully saturated rings.